The number of aromatic hydroxyl groups is 1. The molecule has 1 aromatic rings. The van der Waals surface area contributed by atoms with Crippen molar-refractivity contribution in [1.82, 2.24) is 0 Å². The Morgan fingerprint density at radius 1 is 1.27 bits per heavy atom. The van der Waals surface area contributed by atoms with E-state index in [1.54, 1.807) is 0 Å². The first-order valence-electron chi connectivity index (χ1n) is 3.36. The van der Waals surface area contributed by atoms with Crippen LogP contribution in [0.15, 0.2) is 23.1 Å². The maximum absolute atomic E-state index is 10.6. The first kappa shape index (κ1) is 14.2. The summed E-state index contributed by atoms with van der Waals surface area (Å²) in [5.74, 6) is -2.04. The lowest BCUT2D eigenvalue weighted by Crippen LogP contribution is -2.02. The Balaban J connectivity index is 0.00000196. The number of carboxylic acid groups (broad SMARTS) is 1. The van der Waals surface area contributed by atoms with Crippen LogP contribution in [0.1, 0.15) is 10.4 Å². The summed E-state index contributed by atoms with van der Waals surface area (Å²) in [5.41, 5.74) is -0.583. The van der Waals surface area contributed by atoms with Crippen LogP contribution in [0.3, 0.4) is 0 Å². The Kier molecular flexibility index (Phi) is 4.53. The lowest BCUT2D eigenvalue weighted by atomic mass is 10.2. The van der Waals surface area contributed by atoms with Crippen molar-refractivity contribution < 1.29 is 28.0 Å². The lowest BCUT2D eigenvalue weighted by Gasteiger charge is -2.01. The average Bonchev–Trinajstić information content (AvgIpc) is 2.02. The first-order chi connectivity index (χ1) is 6.32. The van der Waals surface area contributed by atoms with Crippen LogP contribution < -0.4 is 0 Å². The van der Waals surface area contributed by atoms with Gasteiger partial charge in [-0.15, -0.1) is 0 Å². The molecule has 1 rings (SSSR count). The second-order valence-corrected chi connectivity index (χ2v) is 3.88. The SMILES string of the molecule is O=C(O)c1cc(S(=O)(=O)O)ccc1O.[MgH2]. The van der Waals surface area contributed by atoms with Crippen molar-refractivity contribution in [2.24, 2.45) is 0 Å². The van der Waals surface area contributed by atoms with Gasteiger partial charge in [-0.2, -0.15) is 8.42 Å². The number of carbonyl (C=O) groups is 1. The van der Waals surface area contributed by atoms with Gasteiger partial charge in [-0.1, -0.05) is 0 Å². The topological polar surface area (TPSA) is 112 Å². The van der Waals surface area contributed by atoms with Crippen molar-refractivity contribution in [2.45, 2.75) is 4.90 Å². The molecule has 15 heavy (non-hydrogen) atoms. The Hall–Kier alpha value is -0.834. The third-order valence-electron chi connectivity index (χ3n) is 1.50. The zero-order valence-corrected chi connectivity index (χ0v) is 7.52. The second-order valence-electron chi connectivity index (χ2n) is 2.46. The van der Waals surface area contributed by atoms with Crippen molar-refractivity contribution >= 4 is 39.1 Å². The Morgan fingerprint density at radius 2 is 1.80 bits per heavy atom. The van der Waals surface area contributed by atoms with Gasteiger partial charge in [-0.05, 0) is 18.2 Å². The molecule has 0 aromatic heterocycles. The van der Waals surface area contributed by atoms with E-state index in [2.05, 4.69) is 0 Å². The maximum atomic E-state index is 10.6. The van der Waals surface area contributed by atoms with Gasteiger partial charge in [0.25, 0.3) is 10.1 Å². The van der Waals surface area contributed by atoms with Crippen molar-refractivity contribution in [1.29, 1.82) is 0 Å². The second kappa shape index (κ2) is 4.79. The highest BCUT2D eigenvalue weighted by atomic mass is 32.2. The minimum Gasteiger partial charge on any atom is -0.507 e. The Labute approximate surface area is 101 Å². The molecule has 0 atom stereocenters. The fourth-order valence-electron chi connectivity index (χ4n) is 0.847. The molecule has 3 N–H and O–H groups in total. The van der Waals surface area contributed by atoms with E-state index in [9.17, 15) is 13.2 Å². The minimum atomic E-state index is -4.45. The normalized spacial score (nSPS) is 10.5. The molecule has 0 saturated carbocycles. The van der Waals surface area contributed by atoms with Crippen LogP contribution in [0.5, 0.6) is 5.75 Å². The van der Waals surface area contributed by atoms with Crippen LogP contribution >= 0.6 is 0 Å². The highest BCUT2D eigenvalue weighted by Gasteiger charge is 2.15. The van der Waals surface area contributed by atoms with Gasteiger partial charge in [-0.25, -0.2) is 4.79 Å². The molecule has 0 bridgehead atoms. The summed E-state index contributed by atoms with van der Waals surface area (Å²) >= 11 is 0. The minimum absolute atomic E-state index is 0. The predicted molar refractivity (Wildman–Crippen MR) is 53.4 cm³/mol. The van der Waals surface area contributed by atoms with E-state index in [0.717, 1.165) is 12.1 Å². The van der Waals surface area contributed by atoms with Gasteiger partial charge >= 0.3 is 29.0 Å². The number of hydrogen-bond donors (Lipinski definition) is 3. The number of aromatic carboxylic acids is 1. The quantitative estimate of drug-likeness (QED) is 0.474. The fraction of sp³-hybridized carbons (Fsp3) is 0. The van der Waals surface area contributed by atoms with E-state index in [0.29, 0.717) is 6.07 Å². The summed E-state index contributed by atoms with van der Waals surface area (Å²) in [6, 6.07) is 2.46. The van der Waals surface area contributed by atoms with Crippen molar-refractivity contribution in [3.63, 3.8) is 0 Å². The summed E-state index contributed by atoms with van der Waals surface area (Å²) in [5, 5.41) is 17.5. The molecule has 8 heteroatoms. The fourth-order valence-corrected chi connectivity index (χ4v) is 1.35. The molecule has 0 unspecified atom stereocenters. The molecule has 0 heterocycles. The van der Waals surface area contributed by atoms with Gasteiger partial charge in [0.15, 0.2) is 0 Å². The van der Waals surface area contributed by atoms with E-state index in [1.807, 2.05) is 0 Å². The molecule has 0 aliphatic carbocycles. The molecule has 0 aliphatic heterocycles. The predicted octanol–water partition coefficient (Wildman–Crippen LogP) is -0.579. The molecule has 0 aliphatic rings. The summed E-state index contributed by atoms with van der Waals surface area (Å²) < 4.78 is 29.8. The standard InChI is InChI=1S/C7H6O6S.Mg.2H/c8-6-2-1-4(14(11,12)13)3-5(6)7(9)10;;;/h1-3,8H,(H,9,10)(H,11,12,13);;;. The zero-order valence-electron chi connectivity index (χ0n) is 6.71. The van der Waals surface area contributed by atoms with E-state index in [-0.39, 0.29) is 23.1 Å². The monoisotopic (exact) mass is 244 g/mol. The molecule has 6 nitrogen and oxygen atoms in total. The molecular formula is C7H8MgO6S. The van der Waals surface area contributed by atoms with E-state index >= 15 is 0 Å². The Bertz CT molecular complexity index is 480. The molecule has 0 saturated heterocycles. The van der Waals surface area contributed by atoms with Crippen LogP contribution in [0.25, 0.3) is 0 Å². The van der Waals surface area contributed by atoms with Gasteiger partial charge in [0.05, 0.1) is 4.90 Å². The van der Waals surface area contributed by atoms with Crippen LogP contribution in [0.4, 0.5) is 0 Å². The maximum Gasteiger partial charge on any atom is 0.339 e. The van der Waals surface area contributed by atoms with Gasteiger partial charge in [0.2, 0.25) is 0 Å². The van der Waals surface area contributed by atoms with Gasteiger partial charge in [0, 0.05) is 0 Å². The Morgan fingerprint density at radius 3 is 2.20 bits per heavy atom. The average molecular weight is 245 g/mol. The van der Waals surface area contributed by atoms with Crippen LogP contribution in [-0.2, 0) is 10.1 Å². The van der Waals surface area contributed by atoms with Gasteiger partial charge in [-0.3, -0.25) is 4.55 Å². The molecule has 1 aromatic carbocycles. The zero-order chi connectivity index (χ0) is 10.9. The van der Waals surface area contributed by atoms with Crippen LogP contribution in [0, 0.1) is 0 Å². The number of rotatable bonds is 2. The molecule has 0 fully saturated rings. The number of carboxylic acids is 1. The highest BCUT2D eigenvalue weighted by molar-refractivity contribution is 7.85. The van der Waals surface area contributed by atoms with Crippen LogP contribution in [-0.4, -0.2) is 52.2 Å². The summed E-state index contributed by atoms with van der Waals surface area (Å²) in [4.78, 5) is 9.89. The molecular weight excluding hydrogens is 236 g/mol. The highest BCUT2D eigenvalue weighted by Crippen LogP contribution is 2.20. The third kappa shape index (κ3) is 3.34. The number of phenols is 1. The van der Waals surface area contributed by atoms with Crippen molar-refractivity contribution in [2.75, 3.05) is 0 Å². The number of benzene rings is 1. The largest absolute Gasteiger partial charge is 0.507 e. The van der Waals surface area contributed by atoms with Crippen molar-refractivity contribution in [3.05, 3.63) is 23.8 Å². The summed E-state index contributed by atoms with van der Waals surface area (Å²) in [7, 11) is -4.45. The van der Waals surface area contributed by atoms with Gasteiger partial charge in [0.1, 0.15) is 11.3 Å². The van der Waals surface area contributed by atoms with E-state index in [1.165, 1.54) is 0 Å². The van der Waals surface area contributed by atoms with Crippen molar-refractivity contribution in [3.8, 4) is 5.75 Å². The smallest absolute Gasteiger partial charge is 0.339 e. The first-order valence-corrected chi connectivity index (χ1v) is 4.80. The molecule has 0 spiro atoms. The lowest BCUT2D eigenvalue weighted by molar-refractivity contribution is 0.0693. The van der Waals surface area contributed by atoms with Crippen LogP contribution in [0.2, 0.25) is 0 Å². The summed E-state index contributed by atoms with van der Waals surface area (Å²) in [6.45, 7) is 0. The molecule has 0 amide bonds. The third-order valence-corrected chi connectivity index (χ3v) is 2.35. The van der Waals surface area contributed by atoms with E-state index in [4.69, 9.17) is 14.8 Å². The van der Waals surface area contributed by atoms with E-state index < -0.39 is 32.3 Å². The summed E-state index contributed by atoms with van der Waals surface area (Å²) in [6.07, 6.45) is 0. The number of hydrogen-bond acceptors (Lipinski definition) is 4. The molecule has 0 radical (unpaired) electrons. The molecule has 80 valence electrons. The van der Waals surface area contributed by atoms with Gasteiger partial charge < -0.3 is 10.2 Å².